The van der Waals surface area contributed by atoms with Crippen molar-refractivity contribution < 1.29 is 9.53 Å². The number of aryl methyl sites for hydroxylation is 1. The van der Waals surface area contributed by atoms with E-state index in [-0.39, 0.29) is 18.1 Å². The first-order chi connectivity index (χ1) is 14.5. The van der Waals surface area contributed by atoms with E-state index < -0.39 is 0 Å². The number of aromatic amines is 1. The van der Waals surface area contributed by atoms with Crippen molar-refractivity contribution in [3.8, 4) is 5.75 Å². The maximum atomic E-state index is 13.2. The summed E-state index contributed by atoms with van der Waals surface area (Å²) in [5.74, 6) is 0.775. The van der Waals surface area contributed by atoms with Crippen molar-refractivity contribution in [1.82, 2.24) is 14.8 Å². The zero-order chi connectivity index (χ0) is 21.1. The molecule has 0 bridgehead atoms. The Morgan fingerprint density at radius 3 is 2.50 bits per heavy atom. The van der Waals surface area contributed by atoms with E-state index in [0.29, 0.717) is 12.1 Å². The third-order valence-electron chi connectivity index (χ3n) is 5.62. The fourth-order valence-electron chi connectivity index (χ4n) is 3.95. The van der Waals surface area contributed by atoms with Crippen molar-refractivity contribution >= 4 is 16.9 Å². The fraction of sp³-hybridized carbons (Fsp3) is 0.333. The quantitative estimate of drug-likeness (QED) is 0.696. The lowest BCUT2D eigenvalue weighted by molar-refractivity contribution is 0.156. The highest BCUT2D eigenvalue weighted by Gasteiger charge is 2.25. The van der Waals surface area contributed by atoms with Gasteiger partial charge in [0.2, 0.25) is 0 Å². The van der Waals surface area contributed by atoms with E-state index in [1.807, 2.05) is 60.4 Å². The van der Waals surface area contributed by atoms with Crippen LogP contribution in [-0.2, 0) is 13.1 Å². The number of aromatic nitrogens is 1. The first kappa shape index (κ1) is 20.0. The van der Waals surface area contributed by atoms with Crippen LogP contribution in [0, 0.1) is 6.92 Å². The van der Waals surface area contributed by atoms with Crippen LogP contribution in [0.4, 0.5) is 4.79 Å². The van der Waals surface area contributed by atoms with E-state index in [2.05, 4.69) is 4.98 Å². The summed E-state index contributed by atoms with van der Waals surface area (Å²) in [4.78, 5) is 32.5. The number of methoxy groups -OCH3 is 1. The molecule has 1 aromatic heterocycles. The molecular weight excluding hydrogens is 378 g/mol. The second-order valence-electron chi connectivity index (χ2n) is 7.90. The van der Waals surface area contributed by atoms with E-state index in [1.165, 1.54) is 0 Å². The van der Waals surface area contributed by atoms with Crippen molar-refractivity contribution in [2.75, 3.05) is 20.2 Å². The SMILES string of the molecule is COc1ccc(CN(Cc2cc3cc(C)ccc3[nH]c2=O)C(=O)N2CCCC2)cc1. The fourth-order valence-corrected chi connectivity index (χ4v) is 3.95. The molecule has 0 radical (unpaired) electrons. The highest BCUT2D eigenvalue weighted by atomic mass is 16.5. The molecule has 0 atom stereocenters. The number of H-pyrrole nitrogens is 1. The number of fused-ring (bicyclic) bond motifs is 1. The summed E-state index contributed by atoms with van der Waals surface area (Å²) in [6.07, 6.45) is 2.05. The molecule has 1 N–H and O–H groups in total. The zero-order valence-corrected chi connectivity index (χ0v) is 17.5. The summed E-state index contributed by atoms with van der Waals surface area (Å²) in [5.41, 5.74) is 3.37. The van der Waals surface area contributed by atoms with E-state index in [9.17, 15) is 9.59 Å². The van der Waals surface area contributed by atoms with Crippen molar-refractivity contribution in [3.63, 3.8) is 0 Å². The van der Waals surface area contributed by atoms with Gasteiger partial charge >= 0.3 is 6.03 Å². The number of ether oxygens (including phenoxy) is 1. The number of pyridine rings is 1. The molecule has 0 aliphatic carbocycles. The van der Waals surface area contributed by atoms with Gasteiger partial charge in [-0.1, -0.05) is 23.8 Å². The van der Waals surface area contributed by atoms with E-state index in [1.54, 1.807) is 12.0 Å². The maximum absolute atomic E-state index is 13.2. The van der Waals surface area contributed by atoms with Gasteiger partial charge in [-0.15, -0.1) is 0 Å². The van der Waals surface area contributed by atoms with Gasteiger partial charge in [0.15, 0.2) is 0 Å². The molecule has 30 heavy (non-hydrogen) atoms. The Morgan fingerprint density at radius 2 is 1.80 bits per heavy atom. The Bertz CT molecular complexity index is 1100. The molecule has 0 unspecified atom stereocenters. The average molecular weight is 405 g/mol. The molecule has 156 valence electrons. The summed E-state index contributed by atoms with van der Waals surface area (Å²) in [5, 5.41) is 0.975. The lowest BCUT2D eigenvalue weighted by atomic mass is 10.1. The second-order valence-corrected chi connectivity index (χ2v) is 7.90. The van der Waals surface area contributed by atoms with Crippen LogP contribution in [0.5, 0.6) is 5.75 Å². The van der Waals surface area contributed by atoms with Gasteiger partial charge in [-0.2, -0.15) is 0 Å². The number of benzene rings is 2. The van der Waals surface area contributed by atoms with Crippen LogP contribution in [0.1, 0.15) is 29.5 Å². The highest BCUT2D eigenvalue weighted by Crippen LogP contribution is 2.19. The molecule has 6 heteroatoms. The molecule has 1 aliphatic rings. The van der Waals surface area contributed by atoms with Gasteiger partial charge in [-0.3, -0.25) is 4.79 Å². The molecule has 2 heterocycles. The summed E-state index contributed by atoms with van der Waals surface area (Å²) in [7, 11) is 1.63. The lowest BCUT2D eigenvalue weighted by Crippen LogP contribution is -2.41. The van der Waals surface area contributed by atoms with Gasteiger partial charge < -0.3 is 19.5 Å². The van der Waals surface area contributed by atoms with Crippen LogP contribution in [0.3, 0.4) is 0 Å². The Morgan fingerprint density at radius 1 is 1.07 bits per heavy atom. The molecule has 0 saturated carbocycles. The Balaban J connectivity index is 1.64. The van der Waals surface area contributed by atoms with E-state index in [4.69, 9.17) is 4.74 Å². The van der Waals surface area contributed by atoms with Gasteiger partial charge in [0, 0.05) is 30.7 Å². The summed E-state index contributed by atoms with van der Waals surface area (Å²) in [6, 6.07) is 15.5. The molecule has 6 nitrogen and oxygen atoms in total. The highest BCUT2D eigenvalue weighted by molar-refractivity contribution is 5.80. The number of hydrogen-bond acceptors (Lipinski definition) is 3. The monoisotopic (exact) mass is 405 g/mol. The summed E-state index contributed by atoms with van der Waals surface area (Å²) in [6.45, 7) is 4.26. The molecule has 3 aromatic rings. The van der Waals surface area contributed by atoms with Crippen LogP contribution >= 0.6 is 0 Å². The molecule has 2 amide bonds. The van der Waals surface area contributed by atoms with Crippen LogP contribution in [0.25, 0.3) is 10.9 Å². The van der Waals surface area contributed by atoms with Crippen molar-refractivity contribution in [3.05, 3.63) is 75.6 Å². The largest absolute Gasteiger partial charge is 0.497 e. The normalized spacial score (nSPS) is 13.6. The molecule has 1 fully saturated rings. The maximum Gasteiger partial charge on any atom is 0.320 e. The number of hydrogen-bond donors (Lipinski definition) is 1. The standard InChI is InChI=1S/C24H27N3O3/c1-17-5-10-22-19(13-17)14-20(23(28)25-22)16-27(24(29)26-11-3-4-12-26)15-18-6-8-21(30-2)9-7-18/h5-10,13-14H,3-4,11-12,15-16H2,1-2H3,(H,25,28). The lowest BCUT2D eigenvalue weighted by Gasteiger charge is -2.28. The Labute approximate surface area is 176 Å². The molecule has 1 saturated heterocycles. The number of carbonyl (C=O) groups excluding carboxylic acids is 1. The van der Waals surface area contributed by atoms with Crippen molar-refractivity contribution in [1.29, 1.82) is 0 Å². The molecular formula is C24H27N3O3. The first-order valence-electron chi connectivity index (χ1n) is 10.3. The minimum atomic E-state index is -0.152. The number of nitrogens with one attached hydrogen (secondary N) is 1. The third-order valence-corrected chi connectivity index (χ3v) is 5.62. The Hall–Kier alpha value is -3.28. The van der Waals surface area contributed by atoms with Crippen LogP contribution < -0.4 is 10.3 Å². The third kappa shape index (κ3) is 4.32. The van der Waals surface area contributed by atoms with Gasteiger partial charge in [-0.25, -0.2) is 4.79 Å². The average Bonchev–Trinajstić information content (AvgIpc) is 3.29. The Kier molecular flexibility index (Phi) is 5.74. The summed E-state index contributed by atoms with van der Waals surface area (Å²) >= 11 is 0. The number of rotatable bonds is 5. The molecule has 2 aromatic carbocycles. The molecule has 0 spiro atoms. The topological polar surface area (TPSA) is 65.6 Å². The number of nitrogens with zero attached hydrogens (tertiary/aromatic N) is 2. The van der Waals surface area contributed by atoms with Crippen LogP contribution in [0.2, 0.25) is 0 Å². The number of carbonyl (C=O) groups is 1. The van der Waals surface area contributed by atoms with E-state index >= 15 is 0 Å². The van der Waals surface area contributed by atoms with Gasteiger partial charge in [0.05, 0.1) is 13.7 Å². The van der Waals surface area contributed by atoms with Crippen LogP contribution in [0.15, 0.2) is 53.3 Å². The minimum absolute atomic E-state index is 0.0212. The van der Waals surface area contributed by atoms with E-state index in [0.717, 1.165) is 53.7 Å². The van der Waals surface area contributed by atoms with Crippen LogP contribution in [-0.4, -0.2) is 41.0 Å². The first-order valence-corrected chi connectivity index (χ1v) is 10.3. The molecule has 1 aliphatic heterocycles. The number of urea groups is 1. The number of likely N-dealkylation sites (tertiary alicyclic amines) is 1. The van der Waals surface area contributed by atoms with Crippen molar-refractivity contribution in [2.45, 2.75) is 32.9 Å². The molecule has 4 rings (SSSR count). The smallest absolute Gasteiger partial charge is 0.320 e. The minimum Gasteiger partial charge on any atom is -0.497 e. The van der Waals surface area contributed by atoms with Gasteiger partial charge in [-0.05, 0) is 61.0 Å². The predicted octanol–water partition coefficient (Wildman–Crippen LogP) is 4.06. The van der Waals surface area contributed by atoms with Crippen molar-refractivity contribution in [2.24, 2.45) is 0 Å². The predicted molar refractivity (Wildman–Crippen MR) is 118 cm³/mol. The van der Waals surface area contributed by atoms with Gasteiger partial charge in [0.25, 0.3) is 5.56 Å². The summed E-state index contributed by atoms with van der Waals surface area (Å²) < 4.78 is 5.23. The van der Waals surface area contributed by atoms with Gasteiger partial charge in [0.1, 0.15) is 5.75 Å². The zero-order valence-electron chi connectivity index (χ0n) is 17.5. The number of amides is 2. The second kappa shape index (κ2) is 8.61.